The summed E-state index contributed by atoms with van der Waals surface area (Å²) >= 11 is 0. The van der Waals surface area contributed by atoms with Gasteiger partial charge in [-0.25, -0.2) is 0 Å². The average Bonchev–Trinajstić information content (AvgIpc) is 3.39. The molecule has 1 aliphatic rings. The quantitative estimate of drug-likeness (QED) is 0.761. The molecule has 1 amide bonds. The minimum absolute atomic E-state index is 0.143. The van der Waals surface area contributed by atoms with Crippen LogP contribution in [-0.4, -0.2) is 44.6 Å². The highest BCUT2D eigenvalue weighted by Crippen LogP contribution is 2.35. The number of carbonyl (C=O) groups is 1. The summed E-state index contributed by atoms with van der Waals surface area (Å²) in [5.41, 5.74) is 2.80. The molecule has 1 aromatic carbocycles. The van der Waals surface area contributed by atoms with Crippen LogP contribution in [0.5, 0.6) is 11.5 Å². The van der Waals surface area contributed by atoms with Gasteiger partial charge in [-0.05, 0) is 37.3 Å². The number of hydrogen-bond acceptors (Lipinski definition) is 5. The first kappa shape index (κ1) is 16.2. The van der Waals surface area contributed by atoms with E-state index in [1.165, 1.54) is 0 Å². The highest BCUT2D eigenvalue weighted by atomic mass is 16.7. The zero-order valence-corrected chi connectivity index (χ0v) is 14.6. The van der Waals surface area contributed by atoms with Crippen molar-refractivity contribution in [3.05, 3.63) is 47.9 Å². The van der Waals surface area contributed by atoms with Crippen LogP contribution in [0.1, 0.15) is 23.1 Å². The van der Waals surface area contributed by atoms with Gasteiger partial charge in [0.05, 0.1) is 17.9 Å². The lowest BCUT2D eigenvalue weighted by atomic mass is 10.1. The zero-order chi connectivity index (χ0) is 18.1. The fourth-order valence-corrected chi connectivity index (χ4v) is 2.82. The number of hydrogen-bond donors (Lipinski definition) is 1. The van der Waals surface area contributed by atoms with Crippen molar-refractivity contribution in [1.82, 2.24) is 24.9 Å². The van der Waals surface area contributed by atoms with E-state index < -0.39 is 0 Å². The first-order valence-corrected chi connectivity index (χ1v) is 8.37. The van der Waals surface area contributed by atoms with Gasteiger partial charge in [0.2, 0.25) is 6.79 Å². The van der Waals surface area contributed by atoms with E-state index in [-0.39, 0.29) is 12.7 Å². The monoisotopic (exact) mass is 353 g/mol. The highest BCUT2D eigenvalue weighted by Gasteiger charge is 2.18. The fraction of sp³-hybridized carbons (Fsp3) is 0.278. The van der Waals surface area contributed by atoms with Crippen LogP contribution in [0.2, 0.25) is 0 Å². The molecule has 3 aromatic rings. The third kappa shape index (κ3) is 3.01. The number of aromatic amines is 1. The molecule has 3 heterocycles. The zero-order valence-electron chi connectivity index (χ0n) is 14.6. The van der Waals surface area contributed by atoms with Gasteiger partial charge < -0.3 is 14.4 Å². The maximum Gasteiger partial charge on any atom is 0.271 e. The van der Waals surface area contributed by atoms with Gasteiger partial charge in [-0.2, -0.15) is 10.2 Å². The second-order valence-electron chi connectivity index (χ2n) is 6.06. The second kappa shape index (κ2) is 6.55. The van der Waals surface area contributed by atoms with Gasteiger partial charge >= 0.3 is 0 Å². The molecule has 2 aromatic heterocycles. The second-order valence-corrected chi connectivity index (χ2v) is 6.06. The number of fused-ring (bicyclic) bond motifs is 1. The van der Waals surface area contributed by atoms with E-state index in [1.807, 2.05) is 42.1 Å². The van der Waals surface area contributed by atoms with Crippen LogP contribution in [-0.2, 0) is 13.1 Å². The number of nitrogens with one attached hydrogen (secondary N) is 1. The molecule has 1 aliphatic heterocycles. The van der Waals surface area contributed by atoms with Crippen LogP contribution in [0.15, 0.2) is 36.5 Å². The molecule has 0 spiro atoms. The molecule has 0 radical (unpaired) electrons. The van der Waals surface area contributed by atoms with E-state index in [1.54, 1.807) is 18.0 Å². The maximum absolute atomic E-state index is 12.6. The number of benzene rings is 1. The lowest BCUT2D eigenvalue weighted by Crippen LogP contribution is -2.26. The number of aromatic nitrogens is 4. The van der Waals surface area contributed by atoms with E-state index in [0.717, 1.165) is 17.8 Å². The van der Waals surface area contributed by atoms with E-state index >= 15 is 0 Å². The van der Waals surface area contributed by atoms with Crippen molar-refractivity contribution >= 4 is 5.91 Å². The molecule has 26 heavy (non-hydrogen) atoms. The minimum Gasteiger partial charge on any atom is -0.454 e. The normalized spacial score (nSPS) is 12.4. The summed E-state index contributed by atoms with van der Waals surface area (Å²) in [7, 11) is 1.74. The Hall–Kier alpha value is -3.29. The maximum atomic E-state index is 12.6. The molecular weight excluding hydrogens is 334 g/mol. The van der Waals surface area contributed by atoms with Gasteiger partial charge in [-0.15, -0.1) is 0 Å². The Morgan fingerprint density at radius 2 is 2.12 bits per heavy atom. The van der Waals surface area contributed by atoms with Gasteiger partial charge in [0.15, 0.2) is 11.5 Å². The van der Waals surface area contributed by atoms with Crippen molar-refractivity contribution in [2.45, 2.75) is 20.0 Å². The van der Waals surface area contributed by atoms with Gasteiger partial charge in [-0.3, -0.25) is 14.6 Å². The number of rotatable bonds is 5. The first-order valence-electron chi connectivity index (χ1n) is 8.37. The highest BCUT2D eigenvalue weighted by molar-refractivity contribution is 5.93. The number of H-pyrrole nitrogens is 1. The molecule has 0 fully saturated rings. The Kier molecular flexibility index (Phi) is 4.08. The predicted molar refractivity (Wildman–Crippen MR) is 93.8 cm³/mol. The number of aryl methyl sites for hydroxylation is 1. The summed E-state index contributed by atoms with van der Waals surface area (Å²) in [6.45, 7) is 3.48. The molecule has 1 N–H and O–H groups in total. The Balaban J connectivity index is 1.49. The van der Waals surface area contributed by atoms with Gasteiger partial charge in [0.25, 0.3) is 5.91 Å². The molecule has 0 bridgehead atoms. The van der Waals surface area contributed by atoms with Crippen molar-refractivity contribution in [3.8, 4) is 22.8 Å². The summed E-state index contributed by atoms with van der Waals surface area (Å²) in [6, 6.07) is 9.23. The summed E-state index contributed by atoms with van der Waals surface area (Å²) in [5.74, 6) is 1.25. The molecule has 0 unspecified atom stereocenters. The summed E-state index contributed by atoms with van der Waals surface area (Å²) in [6.07, 6.45) is 1.90. The van der Waals surface area contributed by atoms with E-state index in [9.17, 15) is 4.79 Å². The van der Waals surface area contributed by atoms with Crippen LogP contribution >= 0.6 is 0 Å². The van der Waals surface area contributed by atoms with Crippen molar-refractivity contribution < 1.29 is 14.3 Å². The van der Waals surface area contributed by atoms with Crippen molar-refractivity contribution in [1.29, 1.82) is 0 Å². The van der Waals surface area contributed by atoms with Crippen LogP contribution < -0.4 is 9.47 Å². The topological polar surface area (TPSA) is 85.3 Å². The molecular formula is C18H19N5O3. The molecule has 134 valence electrons. The molecule has 0 atom stereocenters. The van der Waals surface area contributed by atoms with Crippen LogP contribution in [0.25, 0.3) is 11.3 Å². The molecule has 0 saturated carbocycles. The SMILES string of the molecule is CCn1ccc(CN(C)C(=O)c2cc(-c3ccc4c(c3)OCO4)n[nH]2)n1. The van der Waals surface area contributed by atoms with Crippen molar-refractivity contribution in [2.24, 2.45) is 0 Å². The molecule has 0 saturated heterocycles. The third-order valence-corrected chi connectivity index (χ3v) is 4.24. The van der Waals surface area contributed by atoms with E-state index in [0.29, 0.717) is 29.4 Å². The Bertz CT molecular complexity index is 946. The van der Waals surface area contributed by atoms with Gasteiger partial charge in [0.1, 0.15) is 5.69 Å². The van der Waals surface area contributed by atoms with Crippen molar-refractivity contribution in [2.75, 3.05) is 13.8 Å². The first-order chi connectivity index (χ1) is 12.6. The molecule has 8 nitrogen and oxygen atoms in total. The summed E-state index contributed by atoms with van der Waals surface area (Å²) < 4.78 is 12.5. The van der Waals surface area contributed by atoms with Crippen molar-refractivity contribution in [3.63, 3.8) is 0 Å². The summed E-state index contributed by atoms with van der Waals surface area (Å²) in [5, 5.41) is 11.5. The Labute approximate surface area is 150 Å². The molecule has 0 aliphatic carbocycles. The minimum atomic E-state index is -0.143. The van der Waals surface area contributed by atoms with E-state index in [2.05, 4.69) is 15.3 Å². The number of carbonyl (C=O) groups excluding carboxylic acids is 1. The Morgan fingerprint density at radius 3 is 2.92 bits per heavy atom. The largest absolute Gasteiger partial charge is 0.454 e. The van der Waals surface area contributed by atoms with Crippen LogP contribution in [0.3, 0.4) is 0 Å². The van der Waals surface area contributed by atoms with Crippen LogP contribution in [0.4, 0.5) is 0 Å². The third-order valence-electron chi connectivity index (χ3n) is 4.24. The van der Waals surface area contributed by atoms with Gasteiger partial charge in [-0.1, -0.05) is 0 Å². The standard InChI is InChI=1S/C18H19N5O3/c1-3-23-7-6-13(21-23)10-22(2)18(24)15-9-14(19-20-15)12-4-5-16-17(8-12)26-11-25-16/h4-9H,3,10-11H2,1-2H3,(H,19,20). The fourth-order valence-electron chi connectivity index (χ4n) is 2.82. The smallest absolute Gasteiger partial charge is 0.271 e. The number of nitrogens with zero attached hydrogens (tertiary/aromatic N) is 4. The lowest BCUT2D eigenvalue weighted by Gasteiger charge is -2.14. The summed E-state index contributed by atoms with van der Waals surface area (Å²) in [4.78, 5) is 14.2. The van der Waals surface area contributed by atoms with Gasteiger partial charge in [0, 0.05) is 25.4 Å². The van der Waals surface area contributed by atoms with E-state index in [4.69, 9.17) is 9.47 Å². The number of ether oxygens (including phenoxy) is 2. The number of amides is 1. The average molecular weight is 353 g/mol. The Morgan fingerprint density at radius 1 is 1.27 bits per heavy atom. The van der Waals surface area contributed by atoms with Crippen LogP contribution in [0, 0.1) is 0 Å². The molecule has 8 heteroatoms. The lowest BCUT2D eigenvalue weighted by molar-refractivity contribution is 0.0777. The predicted octanol–water partition coefficient (Wildman–Crippen LogP) is 2.29. The molecule has 4 rings (SSSR count).